The first-order valence-electron chi connectivity index (χ1n) is 13.1. The van der Waals surface area contributed by atoms with Crippen LogP contribution >= 0.6 is 0 Å². The van der Waals surface area contributed by atoms with Crippen molar-refractivity contribution < 1.29 is 35.3 Å². The number of alkyl halides is 3. The maximum absolute atomic E-state index is 13.3. The summed E-state index contributed by atoms with van der Waals surface area (Å²) in [4.78, 5) is 22.2. The summed E-state index contributed by atoms with van der Waals surface area (Å²) in [7, 11) is -6.09. The molecule has 1 amide bonds. The summed E-state index contributed by atoms with van der Waals surface area (Å²) in [6.45, 7) is 9.11. The van der Waals surface area contributed by atoms with E-state index in [1.165, 1.54) is 4.90 Å². The van der Waals surface area contributed by atoms with Gasteiger partial charge in [-0.05, 0) is 45.2 Å². The van der Waals surface area contributed by atoms with Crippen LogP contribution < -0.4 is 9.08 Å². The quantitative estimate of drug-likeness (QED) is 0.371. The first-order chi connectivity index (χ1) is 19.1. The van der Waals surface area contributed by atoms with E-state index < -0.39 is 33.2 Å². The Morgan fingerprint density at radius 3 is 2.39 bits per heavy atom. The highest BCUT2D eigenvalue weighted by molar-refractivity contribution is 7.88. The van der Waals surface area contributed by atoms with E-state index in [9.17, 15) is 31.6 Å². The van der Waals surface area contributed by atoms with Gasteiger partial charge < -0.3 is 18.7 Å². The molecule has 0 aliphatic carbocycles. The lowest BCUT2D eigenvalue weighted by Crippen LogP contribution is -2.55. The Kier molecular flexibility index (Phi) is 8.42. The first kappa shape index (κ1) is 30.4. The van der Waals surface area contributed by atoms with Crippen LogP contribution in [0.5, 0.6) is 5.88 Å². The SMILES string of the molecule is C[C@@H]1CN(C(=O)OC(C)(C)C)CCN1c1nc(OS(=O)(=O)C(F)(F)F)c(C#N)c2c1CCN(Cc1ccccc1)C2. The molecule has 0 bridgehead atoms. The number of hydrogen-bond acceptors (Lipinski definition) is 9. The maximum Gasteiger partial charge on any atom is 0.534 e. The van der Waals surface area contributed by atoms with E-state index in [1.807, 2.05) is 48.2 Å². The van der Waals surface area contributed by atoms with Crippen molar-refractivity contribution in [3.05, 3.63) is 52.6 Å². The number of ether oxygens (including phenoxy) is 1. The molecule has 1 atom stereocenters. The van der Waals surface area contributed by atoms with Gasteiger partial charge in [-0.25, -0.2) is 4.79 Å². The number of benzene rings is 1. The Labute approximate surface area is 237 Å². The van der Waals surface area contributed by atoms with Gasteiger partial charge in [-0.1, -0.05) is 30.3 Å². The number of hydrogen-bond donors (Lipinski definition) is 0. The number of carbonyl (C=O) groups excluding carboxylic acids is 1. The fourth-order valence-electron chi connectivity index (χ4n) is 4.95. The van der Waals surface area contributed by atoms with Crippen molar-refractivity contribution in [2.45, 2.75) is 64.4 Å². The van der Waals surface area contributed by atoms with Gasteiger partial charge >= 0.3 is 21.7 Å². The number of halogens is 3. The standard InChI is InChI=1S/C27H32F3N5O5S/c1-18-15-34(25(36)39-26(2,3)4)12-13-35(18)23-20-10-11-33(16-19-8-6-5-7-9-19)17-22(20)21(14-31)24(32-23)40-41(37,38)27(28,29)30/h5-9,18H,10-13,15-17H2,1-4H3/t18-/m1/s1. The number of amides is 1. The van der Waals surface area contributed by atoms with Crippen LogP contribution in [0.2, 0.25) is 0 Å². The number of rotatable bonds is 5. The Morgan fingerprint density at radius 2 is 1.80 bits per heavy atom. The van der Waals surface area contributed by atoms with Crippen LogP contribution in [-0.4, -0.2) is 72.6 Å². The highest BCUT2D eigenvalue weighted by Crippen LogP contribution is 2.38. The first-order valence-corrected chi connectivity index (χ1v) is 14.5. The average Bonchev–Trinajstić information content (AvgIpc) is 2.87. The van der Waals surface area contributed by atoms with Crippen LogP contribution in [0.3, 0.4) is 0 Å². The number of nitrogens with zero attached hydrogens (tertiary/aromatic N) is 5. The molecule has 3 heterocycles. The molecule has 0 unspecified atom stereocenters. The average molecular weight is 596 g/mol. The zero-order chi connectivity index (χ0) is 30.2. The fraction of sp³-hybridized carbons (Fsp3) is 0.519. The minimum atomic E-state index is -6.09. The van der Waals surface area contributed by atoms with Crippen LogP contribution in [0.4, 0.5) is 23.8 Å². The van der Waals surface area contributed by atoms with Crippen molar-refractivity contribution >= 4 is 22.0 Å². The molecule has 1 fully saturated rings. The van der Waals surface area contributed by atoms with E-state index in [4.69, 9.17) is 4.74 Å². The molecule has 1 aromatic carbocycles. The molecule has 10 nitrogen and oxygen atoms in total. The molecule has 2 aliphatic rings. The van der Waals surface area contributed by atoms with Gasteiger partial charge in [-0.3, -0.25) is 4.90 Å². The zero-order valence-corrected chi connectivity index (χ0v) is 24.0. The van der Waals surface area contributed by atoms with Crippen LogP contribution in [0.25, 0.3) is 0 Å². The Balaban J connectivity index is 1.72. The van der Waals surface area contributed by atoms with Crippen molar-refractivity contribution in [1.29, 1.82) is 5.26 Å². The molecule has 222 valence electrons. The van der Waals surface area contributed by atoms with Crippen molar-refractivity contribution in [2.75, 3.05) is 31.1 Å². The van der Waals surface area contributed by atoms with E-state index in [2.05, 4.69) is 9.17 Å². The summed E-state index contributed by atoms with van der Waals surface area (Å²) in [5.41, 5.74) is -4.73. The number of pyridine rings is 1. The minimum absolute atomic E-state index is 0.178. The van der Waals surface area contributed by atoms with Crippen LogP contribution in [0.1, 0.15) is 49.9 Å². The number of nitriles is 1. The lowest BCUT2D eigenvalue weighted by molar-refractivity contribution is -0.0501. The molecule has 1 aromatic heterocycles. The van der Waals surface area contributed by atoms with E-state index in [0.717, 1.165) is 5.56 Å². The predicted octanol–water partition coefficient (Wildman–Crippen LogP) is 4.19. The number of fused-ring (bicyclic) bond motifs is 1. The van der Waals surface area contributed by atoms with Crippen LogP contribution in [0, 0.1) is 11.3 Å². The van der Waals surface area contributed by atoms with E-state index >= 15 is 0 Å². The Hall–Kier alpha value is -3.57. The summed E-state index contributed by atoms with van der Waals surface area (Å²) >= 11 is 0. The van der Waals surface area contributed by atoms with Crippen molar-refractivity contribution in [2.24, 2.45) is 0 Å². The molecule has 0 N–H and O–H groups in total. The lowest BCUT2D eigenvalue weighted by atomic mass is 9.95. The van der Waals surface area contributed by atoms with Crippen LogP contribution in [-0.2, 0) is 34.4 Å². The molecular formula is C27H32F3N5O5S. The highest BCUT2D eigenvalue weighted by Gasteiger charge is 2.49. The van der Waals surface area contributed by atoms with Gasteiger partial charge in [0.2, 0.25) is 0 Å². The summed E-state index contributed by atoms with van der Waals surface area (Å²) in [5.74, 6) is -0.677. The zero-order valence-electron chi connectivity index (χ0n) is 23.2. The van der Waals surface area contributed by atoms with E-state index in [-0.39, 0.29) is 43.6 Å². The summed E-state index contributed by atoms with van der Waals surface area (Å²) < 4.78 is 73.7. The summed E-state index contributed by atoms with van der Waals surface area (Å²) in [5, 5.41) is 9.96. The summed E-state index contributed by atoms with van der Waals surface area (Å²) in [6, 6.07) is 11.0. The number of piperazine rings is 1. The van der Waals surface area contributed by atoms with E-state index in [0.29, 0.717) is 30.6 Å². The smallest absolute Gasteiger partial charge is 0.444 e. The Morgan fingerprint density at radius 1 is 1.12 bits per heavy atom. The van der Waals surface area contributed by atoms with Gasteiger partial charge in [-0.2, -0.15) is 31.8 Å². The van der Waals surface area contributed by atoms with Gasteiger partial charge in [0.25, 0.3) is 5.88 Å². The van der Waals surface area contributed by atoms with Gasteiger partial charge in [0.1, 0.15) is 23.1 Å². The normalized spacial score (nSPS) is 18.4. The molecule has 0 saturated carbocycles. The maximum atomic E-state index is 13.3. The van der Waals surface area contributed by atoms with Gasteiger partial charge in [0, 0.05) is 50.9 Å². The molecule has 1 saturated heterocycles. The molecule has 2 aliphatic heterocycles. The second-order valence-electron chi connectivity index (χ2n) is 11.1. The molecule has 14 heteroatoms. The van der Waals surface area contributed by atoms with Crippen molar-refractivity contribution in [1.82, 2.24) is 14.8 Å². The third-order valence-corrected chi connectivity index (χ3v) is 7.75. The molecule has 41 heavy (non-hydrogen) atoms. The van der Waals surface area contributed by atoms with Crippen molar-refractivity contribution in [3.8, 4) is 11.9 Å². The van der Waals surface area contributed by atoms with Gasteiger partial charge in [0.05, 0.1) is 0 Å². The predicted molar refractivity (Wildman–Crippen MR) is 143 cm³/mol. The number of aromatic nitrogens is 1. The molecular weight excluding hydrogens is 563 g/mol. The van der Waals surface area contributed by atoms with Gasteiger partial charge in [-0.15, -0.1) is 0 Å². The van der Waals surface area contributed by atoms with E-state index in [1.54, 1.807) is 25.7 Å². The monoisotopic (exact) mass is 595 g/mol. The third kappa shape index (κ3) is 6.84. The molecule has 0 radical (unpaired) electrons. The second kappa shape index (κ2) is 11.4. The second-order valence-corrected chi connectivity index (χ2v) is 12.6. The fourth-order valence-corrected chi connectivity index (χ4v) is 5.37. The molecule has 4 rings (SSSR count). The third-order valence-electron chi connectivity index (χ3n) is 6.80. The Bertz CT molecular complexity index is 1440. The molecule has 0 spiro atoms. The number of anilines is 1. The highest BCUT2D eigenvalue weighted by atomic mass is 32.2. The summed E-state index contributed by atoms with van der Waals surface area (Å²) in [6.07, 6.45) is -0.0690. The molecule has 2 aromatic rings. The van der Waals surface area contributed by atoms with Gasteiger partial charge in [0.15, 0.2) is 0 Å². The van der Waals surface area contributed by atoms with Crippen LogP contribution in [0.15, 0.2) is 30.3 Å². The largest absolute Gasteiger partial charge is 0.534 e. The lowest BCUT2D eigenvalue weighted by Gasteiger charge is -2.42. The number of carbonyl (C=O) groups is 1. The topological polar surface area (TPSA) is 116 Å². The minimum Gasteiger partial charge on any atom is -0.444 e. The van der Waals surface area contributed by atoms with Crippen molar-refractivity contribution in [3.63, 3.8) is 0 Å².